The molecule has 6 nitrogen and oxygen atoms in total. The van der Waals surface area contributed by atoms with Gasteiger partial charge in [0, 0.05) is 30.5 Å². The topological polar surface area (TPSA) is 82.4 Å². The Morgan fingerprint density at radius 1 is 1.21 bits per heavy atom. The highest BCUT2D eigenvalue weighted by Gasteiger charge is 2.21. The monoisotopic (exact) mass is 411 g/mol. The Bertz CT molecular complexity index is 976. The maximum absolute atomic E-state index is 12.3. The van der Waals surface area contributed by atoms with Gasteiger partial charge in [0.05, 0.1) is 0 Å². The van der Waals surface area contributed by atoms with Crippen LogP contribution < -0.4 is 10.2 Å². The van der Waals surface area contributed by atoms with E-state index in [1.54, 1.807) is 37.3 Å². The quantitative estimate of drug-likeness (QED) is 0.437. The van der Waals surface area contributed by atoms with Crippen LogP contribution in [0.25, 0.3) is 6.08 Å². The minimum absolute atomic E-state index is 0.193. The van der Waals surface area contributed by atoms with Crippen molar-refractivity contribution in [3.05, 3.63) is 64.2 Å². The lowest BCUT2D eigenvalue weighted by molar-refractivity contribution is -0.148. The molecule has 1 N–H and O–H groups in total. The Morgan fingerprint density at radius 3 is 2.45 bits per heavy atom. The van der Waals surface area contributed by atoms with Gasteiger partial charge in [-0.1, -0.05) is 29.8 Å². The Hall–Kier alpha value is -3.30. The molecular weight excluding hydrogens is 390 g/mol. The third-order valence-electron chi connectivity index (χ3n) is 4.24. The molecule has 0 fully saturated rings. The third kappa shape index (κ3) is 5.84. The van der Waals surface area contributed by atoms with Crippen molar-refractivity contribution in [2.24, 2.45) is 0 Å². The van der Waals surface area contributed by atoms with Gasteiger partial charge in [0.1, 0.15) is 11.6 Å². The van der Waals surface area contributed by atoms with E-state index in [2.05, 4.69) is 5.32 Å². The van der Waals surface area contributed by atoms with E-state index in [9.17, 15) is 14.9 Å². The second-order valence-electron chi connectivity index (χ2n) is 6.60. The number of anilines is 2. The number of rotatable bonds is 6. The van der Waals surface area contributed by atoms with E-state index in [1.165, 1.54) is 13.0 Å². The number of amides is 1. The number of halogens is 1. The highest BCUT2D eigenvalue weighted by molar-refractivity contribution is 6.31. The predicted molar refractivity (Wildman–Crippen MR) is 115 cm³/mol. The van der Waals surface area contributed by atoms with Crippen molar-refractivity contribution in [1.29, 1.82) is 5.26 Å². The van der Waals surface area contributed by atoms with E-state index in [1.807, 2.05) is 37.2 Å². The molecule has 0 aliphatic rings. The summed E-state index contributed by atoms with van der Waals surface area (Å²) in [6.45, 7) is 3.21. The number of carbonyl (C=O) groups is 2. The van der Waals surface area contributed by atoms with Crippen LogP contribution in [-0.4, -0.2) is 32.1 Å². The first-order valence-corrected chi connectivity index (χ1v) is 9.27. The fourth-order valence-electron chi connectivity index (χ4n) is 2.43. The van der Waals surface area contributed by atoms with Crippen LogP contribution in [0.5, 0.6) is 0 Å². The predicted octanol–water partition coefficient (Wildman–Crippen LogP) is 4.19. The van der Waals surface area contributed by atoms with Crippen LogP contribution in [0.15, 0.2) is 48.0 Å². The van der Waals surface area contributed by atoms with Gasteiger partial charge in [0.25, 0.3) is 5.91 Å². The van der Waals surface area contributed by atoms with Crippen molar-refractivity contribution < 1.29 is 14.3 Å². The van der Waals surface area contributed by atoms with Gasteiger partial charge in [-0.25, -0.2) is 4.79 Å². The van der Waals surface area contributed by atoms with Crippen molar-refractivity contribution >= 4 is 40.9 Å². The van der Waals surface area contributed by atoms with Gasteiger partial charge in [0.15, 0.2) is 6.10 Å². The first-order chi connectivity index (χ1) is 13.7. The molecule has 1 amide bonds. The zero-order valence-electron chi connectivity index (χ0n) is 16.7. The number of nitrogens with zero attached hydrogens (tertiary/aromatic N) is 2. The molecule has 0 unspecified atom stereocenters. The summed E-state index contributed by atoms with van der Waals surface area (Å²) in [5, 5.41) is 12.5. The van der Waals surface area contributed by atoms with Gasteiger partial charge in [-0.15, -0.1) is 0 Å². The maximum atomic E-state index is 12.3. The van der Waals surface area contributed by atoms with E-state index in [0.29, 0.717) is 21.8 Å². The van der Waals surface area contributed by atoms with E-state index < -0.39 is 18.0 Å². The van der Waals surface area contributed by atoms with Crippen LogP contribution in [0.2, 0.25) is 5.02 Å². The molecule has 0 radical (unpaired) electrons. The molecule has 2 rings (SSSR count). The van der Waals surface area contributed by atoms with Crippen LogP contribution in [0.4, 0.5) is 11.4 Å². The van der Waals surface area contributed by atoms with E-state index in [0.717, 1.165) is 5.69 Å². The summed E-state index contributed by atoms with van der Waals surface area (Å²) in [7, 11) is 3.83. The SMILES string of the molecule is Cc1c(Cl)cccc1NC(=O)[C@H](C)OC(=O)/C(C#N)=C/c1ccc(N(C)C)cc1. The van der Waals surface area contributed by atoms with Crippen LogP contribution in [0.1, 0.15) is 18.1 Å². The molecule has 7 heteroatoms. The smallest absolute Gasteiger partial charge is 0.349 e. The molecule has 0 saturated heterocycles. The summed E-state index contributed by atoms with van der Waals surface area (Å²) >= 11 is 6.04. The lowest BCUT2D eigenvalue weighted by Crippen LogP contribution is -2.30. The Labute approximate surface area is 175 Å². The standard InChI is InChI=1S/C22H22ClN3O3/c1-14-19(23)6-5-7-20(14)25-21(27)15(2)29-22(28)17(13-24)12-16-8-10-18(11-9-16)26(3)4/h5-12,15H,1-4H3,(H,25,27)/b17-12+/t15-/m0/s1. The van der Waals surface area contributed by atoms with Gasteiger partial charge < -0.3 is 15.0 Å². The number of hydrogen-bond donors (Lipinski definition) is 1. The minimum Gasteiger partial charge on any atom is -0.448 e. The third-order valence-corrected chi connectivity index (χ3v) is 4.65. The summed E-state index contributed by atoms with van der Waals surface area (Å²) in [6.07, 6.45) is 0.335. The van der Waals surface area contributed by atoms with Crippen molar-refractivity contribution in [1.82, 2.24) is 0 Å². The summed E-state index contributed by atoms with van der Waals surface area (Å²) in [5.74, 6) is -1.38. The molecule has 0 aromatic heterocycles. The number of nitrogens with one attached hydrogen (secondary N) is 1. The number of hydrogen-bond acceptors (Lipinski definition) is 5. The largest absolute Gasteiger partial charge is 0.448 e. The molecule has 0 bridgehead atoms. The van der Waals surface area contributed by atoms with Crippen LogP contribution >= 0.6 is 11.6 Å². The zero-order valence-corrected chi connectivity index (χ0v) is 17.4. The lowest BCUT2D eigenvalue weighted by Gasteiger charge is -2.15. The van der Waals surface area contributed by atoms with Gasteiger partial charge in [0.2, 0.25) is 0 Å². The highest BCUT2D eigenvalue weighted by atomic mass is 35.5. The fraction of sp³-hybridized carbons (Fsp3) is 0.227. The normalized spacial score (nSPS) is 11.9. The van der Waals surface area contributed by atoms with E-state index >= 15 is 0 Å². The molecule has 2 aromatic rings. The molecule has 150 valence electrons. The van der Waals surface area contributed by atoms with Crippen molar-refractivity contribution in [2.45, 2.75) is 20.0 Å². The molecule has 1 atom stereocenters. The molecule has 0 aliphatic heterocycles. The summed E-state index contributed by atoms with van der Waals surface area (Å²) in [6, 6.07) is 14.3. The number of benzene rings is 2. The highest BCUT2D eigenvalue weighted by Crippen LogP contribution is 2.23. The van der Waals surface area contributed by atoms with Gasteiger partial charge in [-0.2, -0.15) is 5.26 Å². The molecule has 2 aromatic carbocycles. The molecule has 0 heterocycles. The Balaban J connectivity index is 2.07. The summed E-state index contributed by atoms with van der Waals surface area (Å²) in [5.41, 5.74) is 2.71. The van der Waals surface area contributed by atoms with Crippen molar-refractivity contribution in [3.8, 4) is 6.07 Å². The molecule has 0 aliphatic carbocycles. The summed E-state index contributed by atoms with van der Waals surface area (Å²) in [4.78, 5) is 26.6. The van der Waals surface area contributed by atoms with E-state index in [4.69, 9.17) is 16.3 Å². The van der Waals surface area contributed by atoms with Crippen LogP contribution in [0.3, 0.4) is 0 Å². The van der Waals surface area contributed by atoms with Crippen LogP contribution in [-0.2, 0) is 14.3 Å². The second kappa shape index (κ2) is 9.76. The number of esters is 1. The van der Waals surface area contributed by atoms with Gasteiger partial charge >= 0.3 is 5.97 Å². The van der Waals surface area contributed by atoms with Crippen molar-refractivity contribution in [3.63, 3.8) is 0 Å². The Kier molecular flexibility index (Phi) is 7.40. The van der Waals surface area contributed by atoms with Crippen molar-refractivity contribution in [2.75, 3.05) is 24.3 Å². The summed E-state index contributed by atoms with van der Waals surface area (Å²) < 4.78 is 5.16. The maximum Gasteiger partial charge on any atom is 0.349 e. The van der Waals surface area contributed by atoms with Gasteiger partial charge in [-0.3, -0.25) is 4.79 Å². The molecule has 0 saturated carbocycles. The van der Waals surface area contributed by atoms with Crippen LogP contribution in [0, 0.1) is 18.3 Å². The zero-order chi connectivity index (χ0) is 21.6. The lowest BCUT2D eigenvalue weighted by atomic mass is 10.1. The molecule has 0 spiro atoms. The van der Waals surface area contributed by atoms with Gasteiger partial charge in [-0.05, 0) is 55.3 Å². The fourth-order valence-corrected chi connectivity index (χ4v) is 2.60. The Morgan fingerprint density at radius 2 is 1.86 bits per heavy atom. The average Bonchev–Trinajstić information content (AvgIpc) is 2.69. The minimum atomic E-state index is -1.09. The number of carbonyl (C=O) groups excluding carboxylic acids is 2. The average molecular weight is 412 g/mol. The second-order valence-corrected chi connectivity index (χ2v) is 7.01. The first-order valence-electron chi connectivity index (χ1n) is 8.89. The first kappa shape index (κ1) is 22.0. The number of ether oxygens (including phenoxy) is 1. The molecular formula is C22H22ClN3O3. The number of nitriles is 1. The van der Waals surface area contributed by atoms with E-state index in [-0.39, 0.29) is 5.57 Å². The molecule has 29 heavy (non-hydrogen) atoms.